The molecule has 1 aliphatic rings. The van der Waals surface area contributed by atoms with E-state index in [4.69, 9.17) is 4.74 Å². The Morgan fingerprint density at radius 3 is 2.53 bits per heavy atom. The lowest BCUT2D eigenvalue weighted by atomic mass is 10.1. The van der Waals surface area contributed by atoms with Crippen molar-refractivity contribution in [1.29, 1.82) is 0 Å². The van der Waals surface area contributed by atoms with Crippen LogP contribution in [0.1, 0.15) is 36.0 Å². The summed E-state index contributed by atoms with van der Waals surface area (Å²) >= 11 is 0. The Kier molecular flexibility index (Phi) is 6.97. The van der Waals surface area contributed by atoms with E-state index in [0.717, 1.165) is 23.4 Å². The molecule has 1 heterocycles. The number of carbonyl (C=O) groups excluding carboxylic acids is 1. The highest BCUT2D eigenvalue weighted by atomic mass is 19.4. The third-order valence-corrected chi connectivity index (χ3v) is 5.32. The summed E-state index contributed by atoms with van der Waals surface area (Å²) in [4.78, 5) is 13.8. The molecule has 0 unspecified atom stereocenters. The fourth-order valence-electron chi connectivity index (χ4n) is 3.59. The smallest absolute Gasteiger partial charge is 0.416 e. The molecular weight excluding hydrogens is 400 g/mol. The van der Waals surface area contributed by atoms with Crippen molar-refractivity contribution in [3.05, 3.63) is 65.0 Å². The summed E-state index contributed by atoms with van der Waals surface area (Å²) in [7, 11) is 1.61. The van der Waals surface area contributed by atoms with E-state index in [1.165, 1.54) is 0 Å². The Hall–Kier alpha value is -2.61. The number of alkyl halides is 3. The van der Waals surface area contributed by atoms with Gasteiger partial charge in [0.05, 0.1) is 12.7 Å². The third-order valence-electron chi connectivity index (χ3n) is 5.32. The summed E-state index contributed by atoms with van der Waals surface area (Å²) in [5.74, 6) is -0.260. The van der Waals surface area contributed by atoms with Crippen LogP contribution in [0.4, 0.5) is 17.6 Å². The van der Waals surface area contributed by atoms with Crippen LogP contribution in [0, 0.1) is 5.82 Å². The van der Waals surface area contributed by atoms with E-state index in [1.54, 1.807) is 12.0 Å². The topological polar surface area (TPSA) is 41.6 Å². The third kappa shape index (κ3) is 5.50. The van der Waals surface area contributed by atoms with E-state index in [-0.39, 0.29) is 24.1 Å². The van der Waals surface area contributed by atoms with Gasteiger partial charge < -0.3 is 15.0 Å². The van der Waals surface area contributed by atoms with Crippen molar-refractivity contribution in [3.8, 4) is 5.75 Å². The lowest BCUT2D eigenvalue weighted by Crippen LogP contribution is -2.35. The van der Waals surface area contributed by atoms with Gasteiger partial charge in [-0.25, -0.2) is 4.39 Å². The van der Waals surface area contributed by atoms with Crippen LogP contribution in [0.15, 0.2) is 42.5 Å². The predicted octanol–water partition coefficient (Wildman–Crippen LogP) is 4.52. The van der Waals surface area contributed by atoms with Crippen molar-refractivity contribution in [3.63, 3.8) is 0 Å². The predicted molar refractivity (Wildman–Crippen MR) is 104 cm³/mol. The van der Waals surface area contributed by atoms with Gasteiger partial charge in [0.1, 0.15) is 11.6 Å². The molecule has 0 aliphatic carbocycles. The molecule has 0 spiro atoms. The average Bonchev–Trinajstić information content (AvgIpc) is 3.06. The Bertz CT molecular complexity index is 868. The molecule has 8 heteroatoms. The number of hydrogen-bond donors (Lipinski definition) is 1. The van der Waals surface area contributed by atoms with E-state index >= 15 is 0 Å². The standard InChI is InChI=1S/C22H24F4N2O2/c1-30-19-7-2-15(3-8-19)13-27-11-10-18-6-9-21(29)28(18)14-16-4-5-17(12-20(16)23)22(24,25)26/h2-5,7-8,12,18,27H,6,9-11,13-14H2,1H3/t18-/m0/s1. The lowest BCUT2D eigenvalue weighted by Gasteiger charge is -2.25. The van der Waals surface area contributed by atoms with Gasteiger partial charge in [-0.2, -0.15) is 13.2 Å². The van der Waals surface area contributed by atoms with Crippen LogP contribution in [-0.2, 0) is 24.1 Å². The molecular formula is C22H24F4N2O2. The van der Waals surface area contributed by atoms with Crippen LogP contribution in [-0.4, -0.2) is 30.5 Å². The van der Waals surface area contributed by atoms with Crippen molar-refractivity contribution >= 4 is 5.91 Å². The number of benzene rings is 2. The molecule has 162 valence electrons. The zero-order valence-electron chi connectivity index (χ0n) is 16.6. The molecule has 1 aliphatic heterocycles. The molecule has 1 atom stereocenters. The van der Waals surface area contributed by atoms with E-state index in [0.29, 0.717) is 38.4 Å². The van der Waals surface area contributed by atoms with Gasteiger partial charge in [-0.3, -0.25) is 4.79 Å². The highest BCUT2D eigenvalue weighted by Gasteiger charge is 2.33. The number of rotatable bonds is 8. The summed E-state index contributed by atoms with van der Waals surface area (Å²) in [5.41, 5.74) is 0.159. The second-order valence-electron chi connectivity index (χ2n) is 7.33. The van der Waals surface area contributed by atoms with E-state index in [9.17, 15) is 22.4 Å². The van der Waals surface area contributed by atoms with Crippen molar-refractivity contribution in [2.24, 2.45) is 0 Å². The van der Waals surface area contributed by atoms with Crippen molar-refractivity contribution in [2.45, 2.75) is 44.6 Å². The van der Waals surface area contributed by atoms with Gasteiger partial charge in [-0.1, -0.05) is 18.2 Å². The average molecular weight is 424 g/mol. The summed E-state index contributed by atoms with van der Waals surface area (Å²) in [5, 5.41) is 3.32. The van der Waals surface area contributed by atoms with E-state index in [2.05, 4.69) is 5.32 Å². The van der Waals surface area contributed by atoms with Crippen LogP contribution in [0.3, 0.4) is 0 Å². The van der Waals surface area contributed by atoms with Crippen LogP contribution in [0.2, 0.25) is 0 Å². The lowest BCUT2D eigenvalue weighted by molar-refractivity contribution is -0.138. The molecule has 2 aromatic rings. The molecule has 0 bridgehead atoms. The number of halogens is 4. The second kappa shape index (κ2) is 9.47. The van der Waals surface area contributed by atoms with Gasteiger partial charge in [0.2, 0.25) is 5.91 Å². The monoisotopic (exact) mass is 424 g/mol. The fourth-order valence-corrected chi connectivity index (χ4v) is 3.59. The van der Waals surface area contributed by atoms with E-state index in [1.807, 2.05) is 24.3 Å². The summed E-state index contributed by atoms with van der Waals surface area (Å²) in [6.07, 6.45) is -2.89. The molecule has 2 aromatic carbocycles. The zero-order chi connectivity index (χ0) is 21.7. The number of ether oxygens (including phenoxy) is 1. The first-order valence-electron chi connectivity index (χ1n) is 9.76. The quantitative estimate of drug-likeness (QED) is 0.500. The van der Waals surface area contributed by atoms with Crippen LogP contribution < -0.4 is 10.1 Å². The van der Waals surface area contributed by atoms with Gasteiger partial charge in [0.15, 0.2) is 0 Å². The number of carbonyl (C=O) groups is 1. The Morgan fingerprint density at radius 1 is 1.17 bits per heavy atom. The largest absolute Gasteiger partial charge is 0.497 e. The Labute approximate surface area is 172 Å². The van der Waals surface area contributed by atoms with Crippen molar-refractivity contribution < 1.29 is 27.1 Å². The minimum atomic E-state index is -4.60. The zero-order valence-corrected chi connectivity index (χ0v) is 16.6. The molecule has 0 radical (unpaired) electrons. The maximum absolute atomic E-state index is 14.2. The van der Waals surface area contributed by atoms with Gasteiger partial charge in [0.25, 0.3) is 0 Å². The molecule has 1 saturated heterocycles. The first kappa shape index (κ1) is 22.1. The Balaban J connectivity index is 1.54. The normalized spacial score (nSPS) is 16.9. The maximum atomic E-state index is 14.2. The minimum absolute atomic E-state index is 0.0219. The molecule has 1 fully saturated rings. The molecule has 1 amide bonds. The summed E-state index contributed by atoms with van der Waals surface area (Å²) < 4.78 is 57.5. The number of likely N-dealkylation sites (tertiary alicyclic amines) is 1. The highest BCUT2D eigenvalue weighted by Crippen LogP contribution is 2.31. The van der Waals surface area contributed by atoms with Crippen molar-refractivity contribution in [1.82, 2.24) is 10.2 Å². The minimum Gasteiger partial charge on any atom is -0.497 e. The van der Waals surface area contributed by atoms with Gasteiger partial charge in [-0.15, -0.1) is 0 Å². The summed E-state index contributed by atoms with van der Waals surface area (Å²) in [6, 6.07) is 10.1. The molecule has 30 heavy (non-hydrogen) atoms. The number of methoxy groups -OCH3 is 1. The first-order chi connectivity index (χ1) is 14.3. The molecule has 0 saturated carbocycles. The molecule has 1 N–H and O–H groups in total. The molecule has 4 nitrogen and oxygen atoms in total. The van der Waals surface area contributed by atoms with E-state index < -0.39 is 17.6 Å². The van der Waals surface area contributed by atoms with Crippen molar-refractivity contribution in [2.75, 3.05) is 13.7 Å². The maximum Gasteiger partial charge on any atom is 0.416 e. The van der Waals surface area contributed by atoms with Crippen LogP contribution >= 0.6 is 0 Å². The van der Waals surface area contributed by atoms with Gasteiger partial charge in [-0.05, 0) is 49.2 Å². The fraction of sp³-hybridized carbons (Fsp3) is 0.409. The van der Waals surface area contributed by atoms with Crippen LogP contribution in [0.5, 0.6) is 5.75 Å². The Morgan fingerprint density at radius 2 is 1.90 bits per heavy atom. The second-order valence-corrected chi connectivity index (χ2v) is 7.33. The number of nitrogens with zero attached hydrogens (tertiary/aromatic N) is 1. The molecule has 3 rings (SSSR count). The highest BCUT2D eigenvalue weighted by molar-refractivity contribution is 5.78. The van der Waals surface area contributed by atoms with Gasteiger partial charge >= 0.3 is 6.18 Å². The number of hydrogen-bond acceptors (Lipinski definition) is 3. The summed E-state index contributed by atoms with van der Waals surface area (Å²) in [6.45, 7) is 1.31. The first-order valence-corrected chi connectivity index (χ1v) is 9.76. The number of amides is 1. The SMILES string of the molecule is COc1ccc(CNCC[C@@H]2CCC(=O)N2Cc2ccc(C(F)(F)F)cc2F)cc1. The van der Waals surface area contributed by atoms with Gasteiger partial charge in [0, 0.05) is 31.1 Å². The number of nitrogens with one attached hydrogen (secondary N) is 1. The molecule has 0 aromatic heterocycles. The van der Waals surface area contributed by atoms with Crippen LogP contribution in [0.25, 0.3) is 0 Å².